The van der Waals surface area contributed by atoms with Gasteiger partial charge in [0, 0.05) is 69.0 Å². The molecule has 0 aliphatic carbocycles. The fourth-order valence-electron chi connectivity index (χ4n) is 5.40. The average molecular weight is 613 g/mol. The summed E-state index contributed by atoms with van der Waals surface area (Å²) in [5.74, 6) is 1.42. The lowest BCUT2D eigenvalue weighted by Crippen LogP contribution is -2.37. The number of fused-ring (bicyclic) bond motifs is 5. The van der Waals surface area contributed by atoms with Gasteiger partial charge in [0.1, 0.15) is 35.2 Å². The van der Waals surface area contributed by atoms with E-state index in [2.05, 4.69) is 24.6 Å². The lowest BCUT2D eigenvalue weighted by Gasteiger charge is -2.25. The van der Waals surface area contributed by atoms with Crippen LogP contribution >= 0.6 is 0 Å². The zero-order valence-corrected chi connectivity index (χ0v) is 25.1. The van der Waals surface area contributed by atoms with Gasteiger partial charge in [-0.3, -0.25) is 19.1 Å². The molecule has 5 aromatic rings. The summed E-state index contributed by atoms with van der Waals surface area (Å²) in [4.78, 5) is 51.3. The van der Waals surface area contributed by atoms with Crippen LogP contribution in [0.3, 0.4) is 0 Å². The van der Waals surface area contributed by atoms with E-state index in [1.165, 1.54) is 0 Å². The van der Waals surface area contributed by atoms with Gasteiger partial charge in [-0.05, 0) is 55.7 Å². The number of carboxylic acid groups (broad SMARTS) is 1. The van der Waals surface area contributed by atoms with Crippen LogP contribution in [-0.2, 0) is 18.4 Å². The number of aryl methyl sites for hydroxylation is 2. The summed E-state index contributed by atoms with van der Waals surface area (Å²) in [5, 5.41) is 12.0. The monoisotopic (exact) mass is 612 g/mol. The van der Waals surface area contributed by atoms with Crippen molar-refractivity contribution in [1.29, 1.82) is 0 Å². The van der Waals surface area contributed by atoms with Crippen LogP contribution in [0.25, 0.3) is 22.4 Å². The third-order valence-corrected chi connectivity index (χ3v) is 7.61. The predicted octanol–water partition coefficient (Wildman–Crippen LogP) is 3.71. The quantitative estimate of drug-likeness (QED) is 0.286. The van der Waals surface area contributed by atoms with Crippen LogP contribution in [0.4, 0.5) is 0 Å². The maximum Gasteiger partial charge on any atom is 0.290 e. The molecule has 1 aromatic carbocycles. The summed E-state index contributed by atoms with van der Waals surface area (Å²) in [6.45, 7) is 2.93. The SMILES string of the molecule is Cn1nccc1C(=O)N1CCCCN(C(=O)c2cc3cccnc3[nH]2)CCCn2ccnc2-c2cccc(c2)OCC1.O=CO. The van der Waals surface area contributed by atoms with Crippen LogP contribution in [0.15, 0.2) is 73.3 Å². The van der Waals surface area contributed by atoms with Gasteiger partial charge in [-0.1, -0.05) is 12.1 Å². The summed E-state index contributed by atoms with van der Waals surface area (Å²) >= 11 is 0. The van der Waals surface area contributed by atoms with Crippen molar-refractivity contribution in [2.75, 3.05) is 32.8 Å². The molecule has 234 valence electrons. The first kappa shape index (κ1) is 31.0. The Labute approximate surface area is 260 Å². The molecule has 13 heteroatoms. The highest BCUT2D eigenvalue weighted by molar-refractivity contribution is 5.97. The highest BCUT2D eigenvalue weighted by atomic mass is 16.5. The minimum absolute atomic E-state index is 0.0549. The smallest absolute Gasteiger partial charge is 0.290 e. The summed E-state index contributed by atoms with van der Waals surface area (Å²) in [6, 6.07) is 15.3. The molecule has 1 aliphatic rings. The number of pyridine rings is 1. The highest BCUT2D eigenvalue weighted by Gasteiger charge is 2.21. The number of carbonyl (C=O) groups is 3. The van der Waals surface area contributed by atoms with Crippen molar-refractivity contribution in [3.05, 3.63) is 84.7 Å². The molecular formula is C32H36N8O5. The minimum Gasteiger partial charge on any atom is -0.492 e. The number of nitrogens with one attached hydrogen (secondary N) is 1. The van der Waals surface area contributed by atoms with Crippen molar-refractivity contribution in [2.24, 2.45) is 7.05 Å². The third kappa shape index (κ3) is 7.55. The molecule has 0 unspecified atom stereocenters. The number of carbonyl (C=O) groups excluding carboxylic acids is 2. The first-order valence-electron chi connectivity index (χ1n) is 14.8. The van der Waals surface area contributed by atoms with Crippen molar-refractivity contribution >= 4 is 29.3 Å². The molecule has 0 atom stereocenters. The second-order valence-electron chi connectivity index (χ2n) is 10.5. The second kappa shape index (κ2) is 14.8. The van der Waals surface area contributed by atoms with Crippen molar-refractivity contribution < 1.29 is 24.2 Å². The summed E-state index contributed by atoms with van der Waals surface area (Å²) < 4.78 is 9.80. The molecule has 4 aromatic heterocycles. The third-order valence-electron chi connectivity index (χ3n) is 7.61. The van der Waals surface area contributed by atoms with Gasteiger partial charge in [-0.15, -0.1) is 0 Å². The van der Waals surface area contributed by atoms with E-state index in [1.54, 1.807) is 41.3 Å². The van der Waals surface area contributed by atoms with E-state index in [9.17, 15) is 9.59 Å². The van der Waals surface area contributed by atoms with E-state index in [4.69, 9.17) is 14.6 Å². The first-order chi connectivity index (χ1) is 22.0. The van der Waals surface area contributed by atoms with Crippen molar-refractivity contribution in [1.82, 2.24) is 39.1 Å². The number of aromatic amines is 1. The number of hydrogen-bond acceptors (Lipinski definition) is 7. The van der Waals surface area contributed by atoms with Crippen LogP contribution < -0.4 is 4.74 Å². The van der Waals surface area contributed by atoms with Crippen LogP contribution in [0.2, 0.25) is 0 Å². The number of nitrogens with zero attached hydrogens (tertiary/aromatic N) is 7. The molecule has 1 aliphatic heterocycles. The van der Waals surface area contributed by atoms with E-state index in [1.807, 2.05) is 53.6 Å². The number of imidazole rings is 1. The number of H-pyrrole nitrogens is 1. The Hall–Kier alpha value is -5.46. The van der Waals surface area contributed by atoms with Gasteiger partial charge in [-0.2, -0.15) is 5.10 Å². The maximum atomic E-state index is 13.7. The lowest BCUT2D eigenvalue weighted by atomic mass is 10.2. The Kier molecular flexibility index (Phi) is 10.2. The molecule has 0 saturated carbocycles. The second-order valence-corrected chi connectivity index (χ2v) is 10.5. The maximum absolute atomic E-state index is 13.7. The van der Waals surface area contributed by atoms with Gasteiger partial charge >= 0.3 is 0 Å². The Bertz CT molecular complexity index is 1710. The zero-order chi connectivity index (χ0) is 31.6. The lowest BCUT2D eigenvalue weighted by molar-refractivity contribution is -0.122. The van der Waals surface area contributed by atoms with Gasteiger partial charge in [-0.25, -0.2) is 9.97 Å². The van der Waals surface area contributed by atoms with E-state index in [0.29, 0.717) is 56.4 Å². The summed E-state index contributed by atoms with van der Waals surface area (Å²) in [5.41, 5.74) is 2.70. The standard InChI is InChI=1S/C31H34N8O3.CH2O2/c1-36-27(10-12-34-36)31(41)39-15-3-2-14-38(30(40)26-22-23-8-5-11-32-28(23)35-26)17-6-16-37-18-13-33-29(37)24-7-4-9-25(21-24)42-20-19-39;2-1-3/h4-5,7-13,18,21-22H,2-3,6,14-17,19-20H2,1H3,(H,32,35);1H,(H,2,3). The largest absolute Gasteiger partial charge is 0.492 e. The van der Waals surface area contributed by atoms with Crippen molar-refractivity contribution in [2.45, 2.75) is 25.8 Å². The number of rotatable bonds is 2. The van der Waals surface area contributed by atoms with Crippen LogP contribution in [0, 0.1) is 0 Å². The molecule has 45 heavy (non-hydrogen) atoms. The number of aromatic nitrogens is 6. The van der Waals surface area contributed by atoms with Crippen LogP contribution in [0.1, 0.15) is 40.2 Å². The number of hydrogen-bond donors (Lipinski definition) is 2. The molecule has 2 N–H and O–H groups in total. The minimum atomic E-state index is -0.250. The number of benzene rings is 1. The molecule has 0 radical (unpaired) electrons. The molecule has 5 heterocycles. The molecule has 2 bridgehead atoms. The van der Waals surface area contributed by atoms with Gasteiger partial charge in [0.05, 0.1) is 6.54 Å². The Morgan fingerprint density at radius 3 is 2.42 bits per heavy atom. The molecule has 0 fully saturated rings. The molecule has 0 saturated heterocycles. The van der Waals surface area contributed by atoms with Crippen molar-refractivity contribution in [3.8, 4) is 17.1 Å². The fraction of sp³-hybridized carbons (Fsp3) is 0.312. The van der Waals surface area contributed by atoms with Crippen molar-refractivity contribution in [3.63, 3.8) is 0 Å². The van der Waals surface area contributed by atoms with E-state index < -0.39 is 0 Å². The van der Waals surface area contributed by atoms with Crippen LogP contribution in [-0.4, -0.2) is 95.3 Å². The molecule has 13 nitrogen and oxygen atoms in total. The van der Waals surface area contributed by atoms with Gasteiger partial charge in [0.25, 0.3) is 18.3 Å². The average Bonchev–Trinajstić information content (AvgIpc) is 3.80. The van der Waals surface area contributed by atoms with Gasteiger partial charge in [0.15, 0.2) is 0 Å². The van der Waals surface area contributed by atoms with Gasteiger partial charge < -0.3 is 29.2 Å². The number of amides is 2. The van der Waals surface area contributed by atoms with Crippen LogP contribution in [0.5, 0.6) is 5.75 Å². The van der Waals surface area contributed by atoms with E-state index in [-0.39, 0.29) is 18.3 Å². The Morgan fingerprint density at radius 2 is 1.67 bits per heavy atom. The summed E-state index contributed by atoms with van der Waals surface area (Å²) in [7, 11) is 1.77. The topological polar surface area (TPSA) is 151 Å². The fourth-order valence-corrected chi connectivity index (χ4v) is 5.40. The molecule has 6 rings (SSSR count). The number of ether oxygens (including phenoxy) is 1. The Morgan fingerprint density at radius 1 is 0.889 bits per heavy atom. The highest BCUT2D eigenvalue weighted by Crippen LogP contribution is 2.23. The van der Waals surface area contributed by atoms with Gasteiger partial charge in [0.2, 0.25) is 0 Å². The summed E-state index contributed by atoms with van der Waals surface area (Å²) in [6.07, 6.45) is 9.35. The molecule has 0 spiro atoms. The normalized spacial score (nSPS) is 14.4. The van der Waals surface area contributed by atoms with E-state index in [0.717, 1.165) is 41.8 Å². The zero-order valence-electron chi connectivity index (χ0n) is 25.1. The first-order valence-corrected chi connectivity index (χ1v) is 14.8. The predicted molar refractivity (Wildman–Crippen MR) is 167 cm³/mol. The van der Waals surface area contributed by atoms with E-state index >= 15 is 0 Å². The molecular weight excluding hydrogens is 576 g/mol. The molecule has 2 amide bonds. The Balaban J connectivity index is 0.00000128.